The van der Waals surface area contributed by atoms with Crippen LogP contribution in [-0.2, 0) is 14.4 Å². The van der Waals surface area contributed by atoms with Crippen LogP contribution in [0.5, 0.6) is 0 Å². The zero-order valence-electron chi connectivity index (χ0n) is 13.6. The molecular weight excluding hydrogens is 332 g/mol. The van der Waals surface area contributed by atoms with Crippen LogP contribution in [0.3, 0.4) is 0 Å². The number of nitrogens with two attached hydrogens (primary N) is 1. The number of primary amides is 1. The van der Waals surface area contributed by atoms with Crippen LogP contribution in [0, 0.1) is 23.5 Å². The van der Waals surface area contributed by atoms with E-state index >= 15 is 0 Å². The molecule has 1 atom stereocenters. The van der Waals surface area contributed by atoms with Gasteiger partial charge >= 0.3 is 0 Å². The van der Waals surface area contributed by atoms with Crippen LogP contribution >= 0.6 is 0 Å². The molecule has 1 aromatic carbocycles. The molecule has 0 saturated carbocycles. The van der Waals surface area contributed by atoms with E-state index in [0.717, 1.165) is 18.2 Å². The summed E-state index contributed by atoms with van der Waals surface area (Å²) in [4.78, 5) is 38.9. The number of hydrogen-bond donors (Lipinski definition) is 1. The second-order valence-corrected chi connectivity index (χ2v) is 6.53. The molecule has 2 aliphatic heterocycles. The molecule has 0 aromatic heterocycles. The number of hydrogen-bond acceptors (Lipinski definition) is 3. The first-order valence-electron chi connectivity index (χ1n) is 8.19. The largest absolute Gasteiger partial charge is 0.369 e. The van der Waals surface area contributed by atoms with Crippen molar-refractivity contribution in [3.8, 4) is 0 Å². The van der Waals surface area contributed by atoms with E-state index in [-0.39, 0.29) is 42.3 Å². The Hall–Kier alpha value is -2.51. The molecule has 0 radical (unpaired) electrons. The smallest absolute Gasteiger partial charge is 0.228 e. The lowest BCUT2D eigenvalue weighted by atomic mass is 9.95. The van der Waals surface area contributed by atoms with E-state index in [2.05, 4.69) is 0 Å². The first kappa shape index (κ1) is 17.3. The van der Waals surface area contributed by atoms with Crippen LogP contribution in [0.15, 0.2) is 18.2 Å². The van der Waals surface area contributed by atoms with E-state index in [1.807, 2.05) is 0 Å². The lowest BCUT2D eigenvalue weighted by Crippen LogP contribution is -2.44. The summed E-state index contributed by atoms with van der Waals surface area (Å²) in [5, 5.41) is 0. The van der Waals surface area contributed by atoms with E-state index in [1.54, 1.807) is 4.90 Å². The quantitative estimate of drug-likeness (QED) is 0.883. The molecule has 2 fully saturated rings. The maximum absolute atomic E-state index is 13.4. The summed E-state index contributed by atoms with van der Waals surface area (Å²) in [5.74, 6) is -3.18. The summed E-state index contributed by atoms with van der Waals surface area (Å²) >= 11 is 0. The van der Waals surface area contributed by atoms with Gasteiger partial charge in [-0.1, -0.05) is 0 Å². The van der Waals surface area contributed by atoms with Crippen molar-refractivity contribution in [2.24, 2.45) is 17.6 Å². The number of carbonyl (C=O) groups excluding carboxylic acids is 3. The predicted octanol–water partition coefficient (Wildman–Crippen LogP) is 1.04. The van der Waals surface area contributed by atoms with Crippen molar-refractivity contribution < 1.29 is 23.2 Å². The Morgan fingerprint density at radius 2 is 1.64 bits per heavy atom. The zero-order chi connectivity index (χ0) is 18.1. The van der Waals surface area contributed by atoms with Gasteiger partial charge in [-0.15, -0.1) is 0 Å². The molecule has 1 aromatic rings. The third kappa shape index (κ3) is 3.62. The summed E-state index contributed by atoms with van der Waals surface area (Å²) < 4.78 is 26.7. The molecular formula is C17H19F2N3O3. The van der Waals surface area contributed by atoms with Crippen LogP contribution in [0.25, 0.3) is 0 Å². The third-order valence-electron chi connectivity index (χ3n) is 4.84. The van der Waals surface area contributed by atoms with Crippen molar-refractivity contribution in [1.82, 2.24) is 4.90 Å². The van der Waals surface area contributed by atoms with Gasteiger partial charge in [-0.2, -0.15) is 0 Å². The van der Waals surface area contributed by atoms with E-state index < -0.39 is 17.6 Å². The predicted molar refractivity (Wildman–Crippen MR) is 85.3 cm³/mol. The Kier molecular flexibility index (Phi) is 4.69. The van der Waals surface area contributed by atoms with E-state index in [4.69, 9.17) is 5.73 Å². The first-order chi connectivity index (χ1) is 11.8. The molecule has 8 heteroatoms. The average molecular weight is 351 g/mol. The van der Waals surface area contributed by atoms with Gasteiger partial charge in [-0.05, 0) is 25.0 Å². The first-order valence-corrected chi connectivity index (χ1v) is 8.19. The van der Waals surface area contributed by atoms with Crippen molar-refractivity contribution in [2.45, 2.75) is 19.3 Å². The van der Waals surface area contributed by atoms with Crippen molar-refractivity contribution in [3.05, 3.63) is 29.8 Å². The van der Waals surface area contributed by atoms with Crippen LogP contribution in [0.2, 0.25) is 0 Å². The number of piperidine rings is 1. The lowest BCUT2D eigenvalue weighted by molar-refractivity contribution is -0.138. The molecule has 3 amide bonds. The van der Waals surface area contributed by atoms with Gasteiger partial charge in [0.1, 0.15) is 11.6 Å². The van der Waals surface area contributed by atoms with Crippen LogP contribution in [0.1, 0.15) is 19.3 Å². The molecule has 2 N–H and O–H groups in total. The monoisotopic (exact) mass is 351 g/mol. The lowest BCUT2D eigenvalue weighted by Gasteiger charge is -2.32. The van der Waals surface area contributed by atoms with Crippen molar-refractivity contribution in [2.75, 3.05) is 24.5 Å². The van der Waals surface area contributed by atoms with Gasteiger partial charge in [0.15, 0.2) is 0 Å². The van der Waals surface area contributed by atoms with Crippen LogP contribution < -0.4 is 10.6 Å². The number of likely N-dealkylation sites (tertiary alicyclic amines) is 1. The maximum Gasteiger partial charge on any atom is 0.228 e. The van der Waals surface area contributed by atoms with E-state index in [0.29, 0.717) is 25.9 Å². The standard InChI is InChI=1S/C17H19F2N3O3/c18-12-6-13(19)8-14(7-12)22-9-11(5-15(22)23)17(25)21-3-1-10(2-4-21)16(20)24/h6-8,10-11H,1-5,9H2,(H2,20,24). The number of nitrogens with zero attached hydrogens (tertiary/aromatic N) is 2. The fourth-order valence-electron chi connectivity index (χ4n) is 3.46. The highest BCUT2D eigenvalue weighted by Gasteiger charge is 2.38. The molecule has 3 rings (SSSR count). The van der Waals surface area contributed by atoms with Crippen LogP contribution in [-0.4, -0.2) is 42.3 Å². The molecule has 0 aliphatic carbocycles. The summed E-state index contributed by atoms with van der Waals surface area (Å²) in [7, 11) is 0. The topological polar surface area (TPSA) is 83.7 Å². The average Bonchev–Trinajstić information content (AvgIpc) is 2.95. The Morgan fingerprint density at radius 3 is 2.20 bits per heavy atom. The number of rotatable bonds is 3. The number of anilines is 1. The minimum atomic E-state index is -0.772. The Labute approximate surface area is 143 Å². The second-order valence-electron chi connectivity index (χ2n) is 6.53. The molecule has 2 aliphatic rings. The van der Waals surface area contributed by atoms with E-state index in [1.165, 1.54) is 4.90 Å². The molecule has 134 valence electrons. The number of benzene rings is 1. The molecule has 0 bridgehead atoms. The molecule has 0 spiro atoms. The van der Waals surface area contributed by atoms with Gasteiger partial charge in [0.25, 0.3) is 0 Å². The van der Waals surface area contributed by atoms with E-state index in [9.17, 15) is 23.2 Å². The van der Waals surface area contributed by atoms with Gasteiger partial charge in [-0.25, -0.2) is 8.78 Å². The SMILES string of the molecule is NC(=O)C1CCN(C(=O)C2CC(=O)N(c3cc(F)cc(F)c3)C2)CC1. The van der Waals surface area contributed by atoms with Crippen molar-refractivity contribution >= 4 is 23.4 Å². The number of halogens is 2. The van der Waals surface area contributed by atoms with Crippen molar-refractivity contribution in [1.29, 1.82) is 0 Å². The van der Waals surface area contributed by atoms with Crippen LogP contribution in [0.4, 0.5) is 14.5 Å². The Bertz CT molecular complexity index is 697. The second kappa shape index (κ2) is 6.78. The van der Waals surface area contributed by atoms with Gasteiger partial charge in [0, 0.05) is 43.7 Å². The summed E-state index contributed by atoms with van der Waals surface area (Å²) in [6, 6.07) is 2.88. The molecule has 2 saturated heterocycles. The van der Waals surface area contributed by atoms with Gasteiger partial charge in [0.05, 0.1) is 5.92 Å². The highest BCUT2D eigenvalue weighted by Crippen LogP contribution is 2.28. The highest BCUT2D eigenvalue weighted by atomic mass is 19.1. The zero-order valence-corrected chi connectivity index (χ0v) is 13.6. The highest BCUT2D eigenvalue weighted by molar-refractivity contribution is 6.00. The molecule has 1 unspecified atom stereocenters. The molecule has 6 nitrogen and oxygen atoms in total. The van der Waals surface area contributed by atoms with Gasteiger partial charge < -0.3 is 15.5 Å². The van der Waals surface area contributed by atoms with Gasteiger partial charge in [-0.3, -0.25) is 14.4 Å². The summed E-state index contributed by atoms with van der Waals surface area (Å²) in [6.07, 6.45) is 1.04. The van der Waals surface area contributed by atoms with Gasteiger partial charge in [0.2, 0.25) is 17.7 Å². The maximum atomic E-state index is 13.4. The normalized spacial score (nSPS) is 21.7. The summed E-state index contributed by atoms with van der Waals surface area (Å²) in [5.41, 5.74) is 5.40. The minimum absolute atomic E-state index is 0.00666. The molecule has 2 heterocycles. The fraction of sp³-hybridized carbons (Fsp3) is 0.471. The third-order valence-corrected chi connectivity index (χ3v) is 4.84. The van der Waals surface area contributed by atoms with Crippen molar-refractivity contribution in [3.63, 3.8) is 0 Å². The minimum Gasteiger partial charge on any atom is -0.369 e. The Morgan fingerprint density at radius 1 is 1.04 bits per heavy atom. The fourth-order valence-corrected chi connectivity index (χ4v) is 3.46. The number of carbonyl (C=O) groups is 3. The molecule has 25 heavy (non-hydrogen) atoms. The Balaban J connectivity index is 1.66. The number of amides is 3. The summed E-state index contributed by atoms with van der Waals surface area (Å²) in [6.45, 7) is 0.938.